The van der Waals surface area contributed by atoms with Crippen LogP contribution in [0.25, 0.3) is 0 Å². The van der Waals surface area contributed by atoms with Crippen molar-refractivity contribution in [3.8, 4) is 6.07 Å². The largest absolute Gasteiger partial charge is 0.389 e. The van der Waals surface area contributed by atoms with Crippen LogP contribution in [0.2, 0.25) is 0 Å². The van der Waals surface area contributed by atoms with Gasteiger partial charge in [0.2, 0.25) is 0 Å². The van der Waals surface area contributed by atoms with Gasteiger partial charge < -0.3 is 15.2 Å². The first-order chi connectivity index (χ1) is 10.2. The Hall–Kier alpha value is -1.09. The van der Waals surface area contributed by atoms with Gasteiger partial charge in [-0.25, -0.2) is 0 Å². The molecule has 1 aromatic rings. The van der Waals surface area contributed by atoms with Gasteiger partial charge >= 0.3 is 0 Å². The molecule has 0 amide bonds. The van der Waals surface area contributed by atoms with Gasteiger partial charge in [0.25, 0.3) is 0 Å². The van der Waals surface area contributed by atoms with E-state index in [1.165, 1.54) is 19.3 Å². The Bertz CT molecular complexity index is 496. The van der Waals surface area contributed by atoms with Gasteiger partial charge in [0.1, 0.15) is 6.07 Å². The third-order valence-corrected chi connectivity index (χ3v) is 4.20. The zero-order valence-corrected chi connectivity index (χ0v) is 13.6. The van der Waals surface area contributed by atoms with E-state index in [-0.39, 0.29) is 0 Å². The average Bonchev–Trinajstić information content (AvgIpc) is 2.52. The lowest BCUT2D eigenvalue weighted by Gasteiger charge is -2.23. The molecular weight excluding hydrogens is 332 g/mol. The van der Waals surface area contributed by atoms with Crippen LogP contribution in [0, 0.1) is 11.3 Å². The molecule has 0 aromatic heterocycles. The molecule has 0 radical (unpaired) electrons. The Balaban J connectivity index is 1.77. The molecule has 1 saturated carbocycles. The van der Waals surface area contributed by atoms with Crippen molar-refractivity contribution in [1.29, 1.82) is 5.26 Å². The fraction of sp³-hybridized carbons (Fsp3) is 0.562. The fourth-order valence-corrected chi connectivity index (χ4v) is 2.89. The molecule has 1 aromatic carbocycles. The van der Waals surface area contributed by atoms with Crippen LogP contribution in [0.5, 0.6) is 0 Å². The summed E-state index contributed by atoms with van der Waals surface area (Å²) in [6, 6.07) is 7.55. The van der Waals surface area contributed by atoms with E-state index < -0.39 is 6.10 Å². The Morgan fingerprint density at radius 3 is 2.86 bits per heavy atom. The Kier molecular flexibility index (Phi) is 6.50. The molecule has 21 heavy (non-hydrogen) atoms. The summed E-state index contributed by atoms with van der Waals surface area (Å²) in [6.45, 7) is 0.714. The van der Waals surface area contributed by atoms with Gasteiger partial charge in [0, 0.05) is 11.0 Å². The van der Waals surface area contributed by atoms with Crippen LogP contribution in [0.1, 0.15) is 37.7 Å². The second-order valence-electron chi connectivity index (χ2n) is 5.43. The van der Waals surface area contributed by atoms with Crippen LogP contribution < -0.4 is 5.32 Å². The molecule has 2 rings (SSSR count). The van der Waals surface area contributed by atoms with Crippen molar-refractivity contribution in [1.82, 2.24) is 0 Å². The van der Waals surface area contributed by atoms with Gasteiger partial charge in [-0.05, 0) is 31.0 Å². The van der Waals surface area contributed by atoms with E-state index in [1.54, 1.807) is 6.07 Å². The molecular formula is C16H21BrN2O2. The number of aliphatic hydroxyl groups is 1. The molecule has 1 aliphatic carbocycles. The normalized spacial score (nSPS) is 17.2. The summed E-state index contributed by atoms with van der Waals surface area (Å²) in [5.41, 5.74) is 1.29. The lowest BCUT2D eigenvalue weighted by atomic mass is 9.98. The van der Waals surface area contributed by atoms with Crippen molar-refractivity contribution in [2.45, 2.75) is 44.3 Å². The summed E-state index contributed by atoms with van der Waals surface area (Å²) in [5, 5.41) is 22.2. The molecule has 0 spiro atoms. The predicted octanol–water partition coefficient (Wildman–Crippen LogP) is 3.44. The van der Waals surface area contributed by atoms with Crippen molar-refractivity contribution in [2.75, 3.05) is 18.5 Å². The molecule has 1 fully saturated rings. The van der Waals surface area contributed by atoms with E-state index in [0.29, 0.717) is 24.8 Å². The van der Waals surface area contributed by atoms with Crippen LogP contribution in [-0.2, 0) is 4.74 Å². The fourth-order valence-electron chi connectivity index (χ4n) is 2.53. The monoisotopic (exact) mass is 352 g/mol. The van der Waals surface area contributed by atoms with Crippen LogP contribution in [0.15, 0.2) is 22.7 Å². The third-order valence-electron chi connectivity index (χ3n) is 3.71. The highest BCUT2D eigenvalue weighted by atomic mass is 79.9. The molecule has 5 heteroatoms. The first-order valence-corrected chi connectivity index (χ1v) is 8.21. The number of halogens is 1. The molecule has 0 saturated heterocycles. The van der Waals surface area contributed by atoms with E-state index in [2.05, 4.69) is 27.3 Å². The van der Waals surface area contributed by atoms with E-state index in [1.807, 2.05) is 12.1 Å². The number of anilines is 1. The highest BCUT2D eigenvalue weighted by molar-refractivity contribution is 9.10. The maximum atomic E-state index is 9.99. The van der Waals surface area contributed by atoms with Crippen LogP contribution in [0.4, 0.5) is 5.69 Å². The SMILES string of the molecule is N#Cc1ccc(Br)cc1NCC(O)COC1CCCCC1. The summed E-state index contributed by atoms with van der Waals surface area (Å²) in [7, 11) is 0. The third kappa shape index (κ3) is 5.31. The maximum absolute atomic E-state index is 9.99. The molecule has 114 valence electrons. The van der Waals surface area contributed by atoms with Gasteiger partial charge in [0.15, 0.2) is 0 Å². The van der Waals surface area contributed by atoms with Crippen molar-refractivity contribution >= 4 is 21.6 Å². The Labute approximate surface area is 134 Å². The highest BCUT2D eigenvalue weighted by Crippen LogP contribution is 2.22. The van der Waals surface area contributed by atoms with Gasteiger partial charge in [0.05, 0.1) is 30.1 Å². The molecule has 1 unspecified atom stereocenters. The number of ether oxygens (including phenoxy) is 1. The lowest BCUT2D eigenvalue weighted by molar-refractivity contribution is -0.0195. The minimum absolute atomic E-state index is 0.300. The minimum Gasteiger partial charge on any atom is -0.389 e. The molecule has 0 aliphatic heterocycles. The van der Waals surface area contributed by atoms with E-state index in [9.17, 15) is 5.11 Å². The van der Waals surface area contributed by atoms with Gasteiger partial charge in [-0.2, -0.15) is 5.26 Å². The minimum atomic E-state index is -0.572. The summed E-state index contributed by atoms with van der Waals surface area (Å²) in [6.07, 6.45) is 5.68. The molecule has 2 N–H and O–H groups in total. The smallest absolute Gasteiger partial charge is 0.101 e. The summed E-state index contributed by atoms with van der Waals surface area (Å²) in [4.78, 5) is 0. The number of nitrogens with one attached hydrogen (secondary N) is 1. The van der Waals surface area contributed by atoms with Crippen LogP contribution >= 0.6 is 15.9 Å². The molecule has 0 bridgehead atoms. The van der Waals surface area contributed by atoms with Gasteiger partial charge in [-0.1, -0.05) is 35.2 Å². The second kappa shape index (κ2) is 8.38. The molecule has 1 atom stereocenters. The maximum Gasteiger partial charge on any atom is 0.101 e. The standard InChI is InChI=1S/C16H21BrN2O2/c17-13-7-6-12(9-18)16(8-13)19-10-14(20)11-21-15-4-2-1-3-5-15/h6-8,14-15,19-20H,1-5,10-11H2. The van der Waals surface area contributed by atoms with Crippen LogP contribution in [0.3, 0.4) is 0 Å². The molecule has 0 heterocycles. The second-order valence-corrected chi connectivity index (χ2v) is 6.35. The topological polar surface area (TPSA) is 65.3 Å². The predicted molar refractivity (Wildman–Crippen MR) is 86.2 cm³/mol. The van der Waals surface area contributed by atoms with Gasteiger partial charge in [-0.15, -0.1) is 0 Å². The Morgan fingerprint density at radius 1 is 1.38 bits per heavy atom. The quantitative estimate of drug-likeness (QED) is 0.822. The van der Waals surface area contributed by atoms with E-state index in [4.69, 9.17) is 10.00 Å². The number of hydrogen-bond donors (Lipinski definition) is 2. The first kappa shape index (κ1) is 16.3. The van der Waals surface area contributed by atoms with Crippen molar-refractivity contribution < 1.29 is 9.84 Å². The summed E-state index contributed by atoms with van der Waals surface area (Å²) >= 11 is 3.38. The van der Waals surface area contributed by atoms with Crippen LogP contribution in [-0.4, -0.2) is 30.5 Å². The zero-order chi connectivity index (χ0) is 15.1. The molecule has 1 aliphatic rings. The number of benzene rings is 1. The molecule has 4 nitrogen and oxygen atoms in total. The number of aliphatic hydroxyl groups excluding tert-OH is 1. The average molecular weight is 353 g/mol. The number of nitrogens with zero attached hydrogens (tertiary/aromatic N) is 1. The number of rotatable bonds is 6. The van der Waals surface area contributed by atoms with E-state index in [0.717, 1.165) is 23.0 Å². The van der Waals surface area contributed by atoms with Crippen molar-refractivity contribution in [3.63, 3.8) is 0 Å². The number of hydrogen-bond acceptors (Lipinski definition) is 4. The summed E-state index contributed by atoms with van der Waals surface area (Å²) < 4.78 is 6.65. The first-order valence-electron chi connectivity index (χ1n) is 7.42. The van der Waals surface area contributed by atoms with Gasteiger partial charge in [-0.3, -0.25) is 0 Å². The Morgan fingerprint density at radius 2 is 2.14 bits per heavy atom. The lowest BCUT2D eigenvalue weighted by Crippen LogP contribution is -2.28. The zero-order valence-electron chi connectivity index (χ0n) is 12.0. The highest BCUT2D eigenvalue weighted by Gasteiger charge is 2.15. The summed E-state index contributed by atoms with van der Waals surface area (Å²) in [5.74, 6) is 0. The number of nitriles is 1. The van der Waals surface area contributed by atoms with Crippen molar-refractivity contribution in [2.24, 2.45) is 0 Å². The van der Waals surface area contributed by atoms with E-state index >= 15 is 0 Å². The van der Waals surface area contributed by atoms with Crippen molar-refractivity contribution in [3.05, 3.63) is 28.2 Å².